The van der Waals surface area contributed by atoms with Crippen LogP contribution in [0.3, 0.4) is 0 Å². The van der Waals surface area contributed by atoms with Gasteiger partial charge in [0.05, 0.1) is 11.2 Å². The smallest absolute Gasteiger partial charge is 0.276 e. The Kier molecular flexibility index (Phi) is 2.68. The molecule has 5 heteroatoms. The Labute approximate surface area is 81.1 Å². The highest BCUT2D eigenvalue weighted by atomic mass is 32.1. The third-order valence-corrected chi connectivity index (χ3v) is 2.92. The van der Waals surface area contributed by atoms with Crippen molar-refractivity contribution in [3.8, 4) is 0 Å². The first kappa shape index (κ1) is 10.1. The van der Waals surface area contributed by atoms with Crippen LogP contribution in [0.25, 0.3) is 0 Å². The molecular formula is C8H13N3OS. The molecular weight excluding hydrogens is 186 g/mol. The van der Waals surface area contributed by atoms with Gasteiger partial charge in [-0.25, -0.2) is 10.8 Å². The molecule has 0 aliphatic heterocycles. The zero-order valence-electron chi connectivity index (χ0n) is 7.92. The second-order valence-corrected chi connectivity index (χ2v) is 4.78. The fraction of sp³-hybridized carbons (Fsp3) is 0.500. The molecule has 0 aliphatic rings. The molecule has 1 rings (SSSR count). The average Bonchev–Trinajstić information content (AvgIpc) is 2.50. The molecule has 1 amide bonds. The highest BCUT2D eigenvalue weighted by molar-refractivity contribution is 7.13. The fourth-order valence-corrected chi connectivity index (χ4v) is 1.67. The van der Waals surface area contributed by atoms with E-state index in [4.69, 9.17) is 5.84 Å². The van der Waals surface area contributed by atoms with Crippen molar-refractivity contribution in [2.24, 2.45) is 5.84 Å². The van der Waals surface area contributed by atoms with Gasteiger partial charge < -0.3 is 0 Å². The highest BCUT2D eigenvalue weighted by Gasteiger charge is 2.19. The molecule has 0 atom stereocenters. The molecule has 13 heavy (non-hydrogen) atoms. The Morgan fingerprint density at radius 3 is 2.62 bits per heavy atom. The van der Waals surface area contributed by atoms with Crippen LogP contribution >= 0.6 is 11.3 Å². The minimum Gasteiger partial charge on any atom is -0.289 e. The number of carbonyl (C=O) groups excluding carboxylic acids is 1. The minimum atomic E-state index is -0.284. The molecule has 3 N–H and O–H groups in total. The summed E-state index contributed by atoms with van der Waals surface area (Å²) in [4.78, 5) is 15.8. The number of nitrogens with zero attached hydrogens (tertiary/aromatic N) is 1. The zero-order chi connectivity index (χ0) is 10.1. The predicted molar refractivity (Wildman–Crippen MR) is 52.5 cm³/mol. The topological polar surface area (TPSA) is 68.0 Å². The van der Waals surface area contributed by atoms with Crippen LogP contribution in [-0.4, -0.2) is 10.9 Å². The van der Waals surface area contributed by atoms with Crippen LogP contribution in [-0.2, 0) is 5.41 Å². The summed E-state index contributed by atoms with van der Waals surface area (Å²) in [5.41, 5.74) is 2.06. The maximum Gasteiger partial charge on any atom is 0.276 e. The minimum absolute atomic E-state index is 0.0161. The molecule has 0 fully saturated rings. The van der Waals surface area contributed by atoms with E-state index < -0.39 is 0 Å². The lowest BCUT2D eigenvalue weighted by Gasteiger charge is -2.13. The van der Waals surface area contributed by atoms with E-state index in [1.807, 2.05) is 0 Å². The van der Waals surface area contributed by atoms with E-state index in [2.05, 4.69) is 31.2 Å². The van der Waals surface area contributed by atoms with Crippen molar-refractivity contribution in [1.29, 1.82) is 0 Å². The molecule has 1 heterocycles. The number of nitrogen functional groups attached to an aromatic ring is 1. The van der Waals surface area contributed by atoms with Gasteiger partial charge in [0.15, 0.2) is 0 Å². The number of carbonyl (C=O) groups is 1. The van der Waals surface area contributed by atoms with Crippen molar-refractivity contribution in [3.63, 3.8) is 0 Å². The maximum absolute atomic E-state index is 11.1. The third kappa shape index (κ3) is 2.26. The standard InChI is InChI=1S/C8H13N3OS/c1-8(2,3)7-10-4-5(13-7)6(12)11-9/h4H,9H2,1-3H3,(H,11,12). The van der Waals surface area contributed by atoms with Crippen molar-refractivity contribution < 1.29 is 4.79 Å². The highest BCUT2D eigenvalue weighted by Crippen LogP contribution is 2.26. The number of aromatic nitrogens is 1. The number of hydrogen-bond donors (Lipinski definition) is 2. The summed E-state index contributed by atoms with van der Waals surface area (Å²) in [7, 11) is 0. The van der Waals surface area contributed by atoms with Crippen LogP contribution in [0.1, 0.15) is 35.5 Å². The van der Waals surface area contributed by atoms with E-state index in [0.717, 1.165) is 5.01 Å². The fourth-order valence-electron chi connectivity index (χ4n) is 0.797. The third-order valence-electron chi connectivity index (χ3n) is 1.50. The van der Waals surface area contributed by atoms with Crippen molar-refractivity contribution >= 4 is 17.2 Å². The first-order chi connectivity index (χ1) is 5.95. The molecule has 1 aromatic heterocycles. The van der Waals surface area contributed by atoms with E-state index >= 15 is 0 Å². The molecule has 72 valence electrons. The molecule has 1 aromatic rings. The average molecular weight is 199 g/mol. The Morgan fingerprint density at radius 1 is 1.62 bits per heavy atom. The first-order valence-electron chi connectivity index (χ1n) is 3.92. The molecule has 4 nitrogen and oxygen atoms in total. The number of hydrogen-bond acceptors (Lipinski definition) is 4. The lowest BCUT2D eigenvalue weighted by molar-refractivity contribution is 0.0957. The van der Waals surface area contributed by atoms with Crippen LogP contribution < -0.4 is 11.3 Å². The van der Waals surface area contributed by atoms with E-state index in [1.165, 1.54) is 11.3 Å². The largest absolute Gasteiger partial charge is 0.289 e. The van der Waals surface area contributed by atoms with Crippen LogP contribution in [0, 0.1) is 0 Å². The number of nitrogens with two attached hydrogens (primary N) is 1. The van der Waals surface area contributed by atoms with Crippen LogP contribution in [0.2, 0.25) is 0 Å². The molecule has 0 spiro atoms. The van der Waals surface area contributed by atoms with Gasteiger partial charge in [0.1, 0.15) is 4.88 Å². The quantitative estimate of drug-likeness (QED) is 0.403. The SMILES string of the molecule is CC(C)(C)c1ncc(C(=O)NN)s1. The first-order valence-corrected chi connectivity index (χ1v) is 4.74. The summed E-state index contributed by atoms with van der Waals surface area (Å²) in [5.74, 6) is 4.72. The normalized spacial score (nSPS) is 11.4. The molecule has 0 saturated heterocycles. The van der Waals surface area contributed by atoms with E-state index in [-0.39, 0.29) is 11.3 Å². The molecule has 0 bridgehead atoms. The van der Waals surface area contributed by atoms with E-state index in [1.54, 1.807) is 6.20 Å². The van der Waals surface area contributed by atoms with Crippen molar-refractivity contribution in [2.75, 3.05) is 0 Å². The van der Waals surface area contributed by atoms with Gasteiger partial charge >= 0.3 is 0 Å². The summed E-state index contributed by atoms with van der Waals surface area (Å²) < 4.78 is 0. The van der Waals surface area contributed by atoms with Gasteiger partial charge in [-0.2, -0.15) is 0 Å². The summed E-state index contributed by atoms with van der Waals surface area (Å²) in [6.45, 7) is 6.15. The van der Waals surface area contributed by atoms with Gasteiger partial charge in [-0.15, -0.1) is 11.3 Å². The summed E-state index contributed by atoms with van der Waals surface area (Å²) in [5, 5.41) is 0.936. The molecule has 0 unspecified atom stereocenters. The van der Waals surface area contributed by atoms with Crippen LogP contribution in [0.15, 0.2) is 6.20 Å². The van der Waals surface area contributed by atoms with Crippen molar-refractivity contribution in [1.82, 2.24) is 10.4 Å². The molecule has 0 saturated carbocycles. The summed E-state index contributed by atoms with van der Waals surface area (Å²) in [6.07, 6.45) is 1.55. The number of hydrazine groups is 1. The zero-order valence-corrected chi connectivity index (χ0v) is 8.73. The van der Waals surface area contributed by atoms with Gasteiger partial charge in [0, 0.05) is 5.41 Å². The van der Waals surface area contributed by atoms with Gasteiger partial charge in [0.25, 0.3) is 5.91 Å². The Balaban J connectivity index is 2.93. The predicted octanol–water partition coefficient (Wildman–Crippen LogP) is 1.04. The number of amides is 1. The Morgan fingerprint density at radius 2 is 2.23 bits per heavy atom. The summed E-state index contributed by atoms with van der Waals surface area (Å²) >= 11 is 1.37. The number of thiazole rings is 1. The van der Waals surface area contributed by atoms with Crippen molar-refractivity contribution in [2.45, 2.75) is 26.2 Å². The maximum atomic E-state index is 11.1. The Bertz CT molecular complexity index is 313. The molecule has 0 aromatic carbocycles. The number of rotatable bonds is 1. The molecule has 0 aliphatic carbocycles. The van der Waals surface area contributed by atoms with Gasteiger partial charge in [-0.05, 0) is 0 Å². The lowest BCUT2D eigenvalue weighted by atomic mass is 9.98. The van der Waals surface area contributed by atoms with Gasteiger partial charge in [0.2, 0.25) is 0 Å². The van der Waals surface area contributed by atoms with Crippen LogP contribution in [0.4, 0.5) is 0 Å². The monoisotopic (exact) mass is 199 g/mol. The van der Waals surface area contributed by atoms with Crippen molar-refractivity contribution in [3.05, 3.63) is 16.1 Å². The number of nitrogens with one attached hydrogen (secondary N) is 1. The molecule has 0 radical (unpaired) electrons. The van der Waals surface area contributed by atoms with E-state index in [0.29, 0.717) is 4.88 Å². The van der Waals surface area contributed by atoms with Gasteiger partial charge in [-0.3, -0.25) is 10.2 Å². The van der Waals surface area contributed by atoms with E-state index in [9.17, 15) is 4.79 Å². The van der Waals surface area contributed by atoms with Crippen LogP contribution in [0.5, 0.6) is 0 Å². The lowest BCUT2D eigenvalue weighted by Crippen LogP contribution is -2.29. The second kappa shape index (κ2) is 3.43. The Hall–Kier alpha value is -0.940. The van der Waals surface area contributed by atoms with Gasteiger partial charge in [-0.1, -0.05) is 20.8 Å². The summed E-state index contributed by atoms with van der Waals surface area (Å²) in [6, 6.07) is 0. The second-order valence-electron chi connectivity index (χ2n) is 3.75.